The number of anilines is 1. The van der Waals surface area contributed by atoms with Crippen LogP contribution in [0.5, 0.6) is 0 Å². The van der Waals surface area contributed by atoms with Gasteiger partial charge in [-0.3, -0.25) is 5.10 Å². The van der Waals surface area contributed by atoms with Crippen LogP contribution in [-0.4, -0.2) is 20.9 Å². The van der Waals surface area contributed by atoms with Crippen molar-refractivity contribution in [2.45, 2.75) is 24.5 Å². The first-order chi connectivity index (χ1) is 5.71. The fraction of sp³-hybridized carbons (Fsp3) is 0.714. The molecule has 2 rings (SSSR count). The minimum Gasteiger partial charge on any atom is -0.367 e. The molecule has 1 aromatic heterocycles. The minimum atomic E-state index is 0.116. The number of hydrogen-bond donors (Lipinski definition) is 2. The van der Waals surface area contributed by atoms with Gasteiger partial charge in [-0.1, -0.05) is 0 Å². The van der Waals surface area contributed by atoms with Gasteiger partial charge in [0.05, 0.1) is 4.75 Å². The predicted octanol–water partition coefficient (Wildman–Crippen LogP) is 1.13. The Kier molecular flexibility index (Phi) is 1.75. The lowest BCUT2D eigenvalue weighted by Gasteiger charge is -2.18. The van der Waals surface area contributed by atoms with Crippen molar-refractivity contribution < 1.29 is 0 Å². The Hall–Kier alpha value is -0.710. The van der Waals surface area contributed by atoms with E-state index in [4.69, 9.17) is 5.73 Å². The first-order valence-corrected chi connectivity index (χ1v) is 5.02. The molecule has 1 aliphatic heterocycles. The zero-order valence-corrected chi connectivity index (χ0v) is 7.82. The number of hydrogen-bond acceptors (Lipinski definition) is 4. The molecule has 3 N–H and O–H groups in total. The van der Waals surface area contributed by atoms with E-state index in [1.54, 1.807) is 0 Å². The molecule has 5 heteroatoms. The summed E-state index contributed by atoms with van der Waals surface area (Å²) in [6.45, 7) is 2.19. The van der Waals surface area contributed by atoms with E-state index in [2.05, 4.69) is 22.1 Å². The Labute approximate surface area is 75.3 Å². The van der Waals surface area contributed by atoms with Gasteiger partial charge in [0.1, 0.15) is 5.82 Å². The van der Waals surface area contributed by atoms with Gasteiger partial charge in [0.2, 0.25) is 5.95 Å². The fourth-order valence-corrected chi connectivity index (χ4v) is 2.73. The summed E-state index contributed by atoms with van der Waals surface area (Å²) in [6, 6.07) is 0. The smallest absolute Gasteiger partial charge is 0.239 e. The van der Waals surface area contributed by atoms with Gasteiger partial charge < -0.3 is 5.73 Å². The quantitative estimate of drug-likeness (QED) is 0.686. The molecule has 4 nitrogen and oxygen atoms in total. The number of aromatic amines is 1. The summed E-state index contributed by atoms with van der Waals surface area (Å²) in [4.78, 5) is 4.15. The van der Waals surface area contributed by atoms with Gasteiger partial charge in [-0.15, -0.1) is 16.9 Å². The second kappa shape index (κ2) is 2.65. The Balaban J connectivity index is 2.28. The Morgan fingerprint density at radius 3 is 3.00 bits per heavy atom. The highest BCUT2D eigenvalue weighted by atomic mass is 32.2. The molecule has 2 heterocycles. The van der Waals surface area contributed by atoms with Crippen LogP contribution in [0.25, 0.3) is 0 Å². The molecule has 0 amide bonds. The van der Waals surface area contributed by atoms with Crippen LogP contribution in [0.1, 0.15) is 25.6 Å². The van der Waals surface area contributed by atoms with Crippen LogP contribution in [0, 0.1) is 0 Å². The van der Waals surface area contributed by atoms with Crippen LogP contribution in [0.15, 0.2) is 0 Å². The summed E-state index contributed by atoms with van der Waals surface area (Å²) in [5.41, 5.74) is 5.44. The maximum atomic E-state index is 5.44. The number of nitrogen functional groups attached to an aromatic ring is 1. The van der Waals surface area contributed by atoms with E-state index in [0.717, 1.165) is 12.2 Å². The van der Waals surface area contributed by atoms with Crippen molar-refractivity contribution >= 4 is 17.7 Å². The summed E-state index contributed by atoms with van der Waals surface area (Å²) in [6.07, 6.45) is 2.41. The molecule has 0 aliphatic carbocycles. The van der Waals surface area contributed by atoms with Crippen molar-refractivity contribution in [3.8, 4) is 0 Å². The van der Waals surface area contributed by atoms with Crippen molar-refractivity contribution in [2.75, 3.05) is 11.5 Å². The molecule has 1 saturated heterocycles. The van der Waals surface area contributed by atoms with Crippen molar-refractivity contribution in [1.82, 2.24) is 15.2 Å². The molecule has 0 bridgehead atoms. The van der Waals surface area contributed by atoms with Gasteiger partial charge in [-0.2, -0.15) is 4.98 Å². The molecule has 66 valence electrons. The average Bonchev–Trinajstić information content (AvgIpc) is 2.59. The van der Waals surface area contributed by atoms with Gasteiger partial charge >= 0.3 is 0 Å². The normalized spacial score (nSPS) is 29.4. The topological polar surface area (TPSA) is 67.6 Å². The number of rotatable bonds is 1. The third-order valence-corrected chi connectivity index (χ3v) is 3.75. The lowest BCUT2D eigenvalue weighted by atomic mass is 10.1. The standard InChI is InChI=1S/C7H12N4S/c1-7(3-2-4-12-7)5-9-6(8)11-10-5/h2-4H2,1H3,(H3,8,9,10,11). The summed E-state index contributed by atoms with van der Waals surface area (Å²) in [7, 11) is 0. The molecule has 0 saturated carbocycles. The van der Waals surface area contributed by atoms with Gasteiger partial charge in [0.15, 0.2) is 0 Å². The largest absolute Gasteiger partial charge is 0.367 e. The van der Waals surface area contributed by atoms with Crippen LogP contribution in [-0.2, 0) is 4.75 Å². The molecule has 1 aromatic rings. The number of aromatic nitrogens is 3. The number of thioether (sulfide) groups is 1. The molecule has 1 aliphatic rings. The first kappa shape index (κ1) is 7.91. The molecule has 12 heavy (non-hydrogen) atoms. The van der Waals surface area contributed by atoms with Crippen LogP contribution in [0.3, 0.4) is 0 Å². The zero-order valence-electron chi connectivity index (χ0n) is 7.00. The van der Waals surface area contributed by atoms with Crippen molar-refractivity contribution in [2.24, 2.45) is 0 Å². The Bertz CT molecular complexity index is 277. The number of nitrogens with one attached hydrogen (secondary N) is 1. The molecule has 1 unspecified atom stereocenters. The number of H-pyrrole nitrogens is 1. The van der Waals surface area contributed by atoms with Crippen LogP contribution >= 0.6 is 11.8 Å². The van der Waals surface area contributed by atoms with E-state index in [1.165, 1.54) is 12.2 Å². The summed E-state index contributed by atoms with van der Waals surface area (Å²) in [5.74, 6) is 2.47. The zero-order chi connectivity index (χ0) is 8.60. The lowest BCUT2D eigenvalue weighted by Crippen LogP contribution is -2.14. The summed E-state index contributed by atoms with van der Waals surface area (Å²) >= 11 is 1.92. The monoisotopic (exact) mass is 184 g/mol. The minimum absolute atomic E-state index is 0.116. The molecule has 1 fully saturated rings. The van der Waals surface area contributed by atoms with Gasteiger partial charge in [0.25, 0.3) is 0 Å². The van der Waals surface area contributed by atoms with Crippen LogP contribution in [0.2, 0.25) is 0 Å². The van der Waals surface area contributed by atoms with E-state index < -0.39 is 0 Å². The Morgan fingerprint density at radius 2 is 2.50 bits per heavy atom. The molecular weight excluding hydrogens is 172 g/mol. The highest BCUT2D eigenvalue weighted by Gasteiger charge is 2.34. The first-order valence-electron chi connectivity index (χ1n) is 4.03. The third-order valence-electron chi connectivity index (χ3n) is 2.22. The van der Waals surface area contributed by atoms with Crippen LogP contribution < -0.4 is 5.73 Å². The summed E-state index contributed by atoms with van der Waals surface area (Å²) in [5, 5.41) is 6.72. The van der Waals surface area contributed by atoms with Crippen molar-refractivity contribution in [3.05, 3.63) is 5.82 Å². The van der Waals surface area contributed by atoms with Crippen molar-refractivity contribution in [1.29, 1.82) is 0 Å². The molecular formula is C7H12N4S. The van der Waals surface area contributed by atoms with Crippen molar-refractivity contribution in [3.63, 3.8) is 0 Å². The predicted molar refractivity (Wildman–Crippen MR) is 49.8 cm³/mol. The second-order valence-electron chi connectivity index (χ2n) is 3.23. The second-order valence-corrected chi connectivity index (χ2v) is 4.82. The fourth-order valence-electron chi connectivity index (χ4n) is 1.48. The lowest BCUT2D eigenvalue weighted by molar-refractivity contribution is 0.607. The molecule has 0 spiro atoms. The average molecular weight is 184 g/mol. The molecule has 1 atom stereocenters. The van der Waals surface area contributed by atoms with E-state index in [-0.39, 0.29) is 4.75 Å². The highest BCUT2D eigenvalue weighted by Crippen LogP contribution is 2.44. The third kappa shape index (κ3) is 1.18. The van der Waals surface area contributed by atoms with Gasteiger partial charge in [-0.05, 0) is 25.5 Å². The van der Waals surface area contributed by atoms with Gasteiger partial charge in [0, 0.05) is 0 Å². The van der Waals surface area contributed by atoms with E-state index >= 15 is 0 Å². The van der Waals surface area contributed by atoms with E-state index in [9.17, 15) is 0 Å². The number of nitrogens with two attached hydrogens (primary N) is 1. The number of nitrogens with zero attached hydrogens (tertiary/aromatic N) is 2. The highest BCUT2D eigenvalue weighted by molar-refractivity contribution is 8.00. The van der Waals surface area contributed by atoms with Crippen LogP contribution in [0.4, 0.5) is 5.95 Å². The molecule has 0 radical (unpaired) electrons. The van der Waals surface area contributed by atoms with E-state index in [0.29, 0.717) is 5.95 Å². The maximum Gasteiger partial charge on any atom is 0.239 e. The molecule has 0 aromatic carbocycles. The van der Waals surface area contributed by atoms with E-state index in [1.807, 2.05) is 11.8 Å². The Morgan fingerprint density at radius 1 is 1.67 bits per heavy atom. The maximum absolute atomic E-state index is 5.44. The van der Waals surface area contributed by atoms with Gasteiger partial charge in [-0.25, -0.2) is 0 Å². The summed E-state index contributed by atoms with van der Waals surface area (Å²) < 4.78 is 0.116. The SMILES string of the molecule is CC1(c2nc(N)n[nH]2)CCCS1.